The average Bonchev–Trinajstić information content (AvgIpc) is 2.98. The first-order chi connectivity index (χ1) is 9.60. The molecule has 4 nitrogen and oxygen atoms in total. The van der Waals surface area contributed by atoms with Crippen LogP contribution in [-0.4, -0.2) is 21.3 Å². The van der Waals surface area contributed by atoms with Gasteiger partial charge in [-0.15, -0.1) is 11.3 Å². The lowest BCUT2D eigenvalue weighted by atomic mass is 10.1. The summed E-state index contributed by atoms with van der Waals surface area (Å²) in [7, 11) is 0. The molecular weight excluding hydrogens is 336 g/mol. The van der Waals surface area contributed by atoms with Crippen molar-refractivity contribution in [1.29, 1.82) is 0 Å². The number of rotatable bonds is 7. The van der Waals surface area contributed by atoms with Crippen LogP contribution in [-0.2, 0) is 13.0 Å². The molecule has 0 radical (unpaired) electrons. The first-order valence-corrected chi connectivity index (χ1v) is 8.56. The Morgan fingerprint density at radius 2 is 2.20 bits per heavy atom. The van der Waals surface area contributed by atoms with Crippen LogP contribution in [0.1, 0.15) is 37.5 Å². The zero-order valence-electron chi connectivity index (χ0n) is 12.1. The third-order valence-corrected chi connectivity index (χ3v) is 4.75. The highest BCUT2D eigenvalue weighted by atomic mass is 79.9. The van der Waals surface area contributed by atoms with Crippen LogP contribution in [0, 0.1) is 5.92 Å². The average molecular weight is 357 g/mol. The molecule has 0 bridgehead atoms. The molecule has 1 atom stereocenters. The highest BCUT2D eigenvalue weighted by molar-refractivity contribution is 9.11. The van der Waals surface area contributed by atoms with E-state index in [1.165, 1.54) is 8.66 Å². The molecule has 0 amide bonds. The van der Waals surface area contributed by atoms with Gasteiger partial charge in [-0.1, -0.05) is 20.8 Å². The van der Waals surface area contributed by atoms with Gasteiger partial charge in [0.05, 0.1) is 3.79 Å². The molecule has 0 spiro atoms. The number of aromatic nitrogens is 3. The third kappa shape index (κ3) is 4.14. The molecule has 0 fully saturated rings. The number of likely N-dealkylation sites (N-methyl/N-ethyl adjacent to an activating group) is 1. The highest BCUT2D eigenvalue weighted by Gasteiger charge is 2.17. The van der Waals surface area contributed by atoms with Crippen molar-refractivity contribution in [2.75, 3.05) is 6.54 Å². The molecule has 0 aliphatic heterocycles. The summed E-state index contributed by atoms with van der Waals surface area (Å²) in [4.78, 5) is 5.76. The van der Waals surface area contributed by atoms with E-state index >= 15 is 0 Å². The molecule has 1 N–H and O–H groups in total. The van der Waals surface area contributed by atoms with Crippen LogP contribution in [0.4, 0.5) is 0 Å². The fraction of sp³-hybridized carbons (Fsp3) is 0.571. The van der Waals surface area contributed by atoms with E-state index in [4.69, 9.17) is 0 Å². The molecule has 0 aromatic carbocycles. The van der Waals surface area contributed by atoms with Crippen molar-refractivity contribution in [3.8, 4) is 0 Å². The van der Waals surface area contributed by atoms with Gasteiger partial charge in [0.1, 0.15) is 12.2 Å². The van der Waals surface area contributed by atoms with Crippen LogP contribution < -0.4 is 5.32 Å². The Morgan fingerprint density at radius 3 is 2.80 bits per heavy atom. The van der Waals surface area contributed by atoms with Crippen molar-refractivity contribution < 1.29 is 0 Å². The summed E-state index contributed by atoms with van der Waals surface area (Å²) < 4.78 is 3.19. The van der Waals surface area contributed by atoms with Gasteiger partial charge in [-0.25, -0.2) is 9.67 Å². The maximum Gasteiger partial charge on any atom is 0.138 e. The molecule has 1 unspecified atom stereocenters. The van der Waals surface area contributed by atoms with E-state index in [1.54, 1.807) is 17.7 Å². The fourth-order valence-corrected chi connectivity index (χ4v) is 3.66. The second-order valence-corrected chi connectivity index (χ2v) is 7.70. The Labute approximate surface area is 132 Å². The number of nitrogens with one attached hydrogen (secondary N) is 1. The van der Waals surface area contributed by atoms with Crippen molar-refractivity contribution in [2.45, 2.75) is 39.8 Å². The van der Waals surface area contributed by atoms with Crippen LogP contribution in [0.25, 0.3) is 0 Å². The molecule has 2 aromatic rings. The molecular formula is C14H21BrN4S. The normalized spacial score (nSPS) is 13.1. The Bertz CT molecular complexity index is 535. The lowest BCUT2D eigenvalue weighted by Gasteiger charge is -2.17. The van der Waals surface area contributed by atoms with E-state index in [2.05, 4.69) is 64.2 Å². The second-order valence-electron chi connectivity index (χ2n) is 5.21. The Morgan fingerprint density at radius 1 is 1.40 bits per heavy atom. The smallest absolute Gasteiger partial charge is 0.138 e. The van der Waals surface area contributed by atoms with Gasteiger partial charge in [-0.3, -0.25) is 0 Å². The van der Waals surface area contributed by atoms with Crippen LogP contribution >= 0.6 is 27.3 Å². The van der Waals surface area contributed by atoms with Crippen molar-refractivity contribution >= 4 is 27.3 Å². The molecule has 110 valence electrons. The van der Waals surface area contributed by atoms with Gasteiger partial charge in [0.2, 0.25) is 0 Å². The molecule has 20 heavy (non-hydrogen) atoms. The molecule has 0 saturated heterocycles. The number of thiophene rings is 1. The summed E-state index contributed by atoms with van der Waals surface area (Å²) in [6.07, 6.45) is 2.53. The van der Waals surface area contributed by atoms with Crippen LogP contribution in [0.5, 0.6) is 0 Å². The number of nitrogens with zero attached hydrogens (tertiary/aromatic N) is 3. The maximum absolute atomic E-state index is 4.43. The Hall–Kier alpha value is -0.720. The van der Waals surface area contributed by atoms with Crippen LogP contribution in [0.3, 0.4) is 0 Å². The molecule has 2 rings (SSSR count). The lowest BCUT2D eigenvalue weighted by Crippen LogP contribution is -2.24. The SMILES string of the molecule is CCNC(Cc1ncnn1CC(C)C)c1ccc(Br)s1. The maximum atomic E-state index is 4.43. The van der Waals surface area contributed by atoms with Gasteiger partial charge in [0, 0.05) is 23.9 Å². The first-order valence-electron chi connectivity index (χ1n) is 6.95. The summed E-state index contributed by atoms with van der Waals surface area (Å²) >= 11 is 5.31. The second kappa shape index (κ2) is 7.33. The van der Waals surface area contributed by atoms with E-state index in [1.807, 2.05) is 4.68 Å². The largest absolute Gasteiger partial charge is 0.309 e. The van der Waals surface area contributed by atoms with Crippen LogP contribution in [0.2, 0.25) is 0 Å². The zero-order chi connectivity index (χ0) is 14.5. The van der Waals surface area contributed by atoms with E-state index < -0.39 is 0 Å². The molecule has 0 aliphatic rings. The Kier molecular flexibility index (Phi) is 5.74. The van der Waals surface area contributed by atoms with Gasteiger partial charge in [-0.2, -0.15) is 5.10 Å². The monoisotopic (exact) mass is 356 g/mol. The predicted molar refractivity (Wildman–Crippen MR) is 87.0 cm³/mol. The lowest BCUT2D eigenvalue weighted by molar-refractivity contribution is 0.448. The molecule has 0 saturated carbocycles. The van der Waals surface area contributed by atoms with Crippen molar-refractivity contribution in [3.05, 3.63) is 32.9 Å². The van der Waals surface area contributed by atoms with Crippen molar-refractivity contribution in [3.63, 3.8) is 0 Å². The molecule has 2 aromatic heterocycles. The van der Waals surface area contributed by atoms with E-state index in [0.29, 0.717) is 12.0 Å². The molecule has 0 aliphatic carbocycles. The molecule has 2 heterocycles. The number of halogens is 1. The molecule has 6 heteroatoms. The van der Waals surface area contributed by atoms with Gasteiger partial charge in [-0.05, 0) is 40.5 Å². The zero-order valence-corrected chi connectivity index (χ0v) is 14.5. The van der Waals surface area contributed by atoms with E-state index in [9.17, 15) is 0 Å². The third-order valence-electron chi connectivity index (χ3n) is 3.01. The van der Waals surface area contributed by atoms with E-state index in [-0.39, 0.29) is 0 Å². The Balaban J connectivity index is 2.14. The summed E-state index contributed by atoms with van der Waals surface area (Å²) in [5.41, 5.74) is 0. The van der Waals surface area contributed by atoms with Gasteiger partial charge < -0.3 is 5.32 Å². The standard InChI is InChI=1S/C14H21BrN4S/c1-4-16-11(12-5-6-13(15)20-12)7-14-17-9-18-19(14)8-10(2)3/h5-6,9-11,16H,4,7-8H2,1-3H3. The summed E-state index contributed by atoms with van der Waals surface area (Å²) in [6, 6.07) is 4.57. The fourth-order valence-electron chi connectivity index (χ4n) is 2.16. The highest BCUT2D eigenvalue weighted by Crippen LogP contribution is 2.29. The van der Waals surface area contributed by atoms with Crippen molar-refractivity contribution in [1.82, 2.24) is 20.1 Å². The van der Waals surface area contributed by atoms with Crippen LogP contribution in [0.15, 0.2) is 22.2 Å². The summed E-state index contributed by atoms with van der Waals surface area (Å²) in [6.45, 7) is 8.39. The van der Waals surface area contributed by atoms with Gasteiger partial charge in [0.15, 0.2) is 0 Å². The quantitative estimate of drug-likeness (QED) is 0.823. The van der Waals surface area contributed by atoms with Gasteiger partial charge in [0.25, 0.3) is 0 Å². The minimum atomic E-state index is 0.298. The van der Waals surface area contributed by atoms with Gasteiger partial charge >= 0.3 is 0 Å². The topological polar surface area (TPSA) is 42.7 Å². The minimum absolute atomic E-state index is 0.298. The number of hydrogen-bond acceptors (Lipinski definition) is 4. The number of hydrogen-bond donors (Lipinski definition) is 1. The predicted octanol–water partition coefficient (Wildman–Crippen LogP) is 3.65. The first kappa shape index (κ1) is 15.7. The summed E-state index contributed by atoms with van der Waals surface area (Å²) in [5.74, 6) is 1.62. The minimum Gasteiger partial charge on any atom is -0.309 e. The van der Waals surface area contributed by atoms with Crippen molar-refractivity contribution in [2.24, 2.45) is 5.92 Å². The van der Waals surface area contributed by atoms with E-state index in [0.717, 1.165) is 25.3 Å². The summed E-state index contributed by atoms with van der Waals surface area (Å²) in [5, 5.41) is 7.88.